The number of halogens is 2. The largest absolute Gasteiger partial charge is 0.454 e. The van der Waals surface area contributed by atoms with Crippen molar-refractivity contribution in [3.8, 4) is 11.5 Å². The van der Waals surface area contributed by atoms with Gasteiger partial charge in [0.2, 0.25) is 5.91 Å². The summed E-state index contributed by atoms with van der Waals surface area (Å²) < 4.78 is 5.56. The molecule has 6 heteroatoms. The predicted molar refractivity (Wildman–Crippen MR) is 75.9 cm³/mol. The Hall–Kier alpha value is -1.91. The maximum atomic E-state index is 10.9. The van der Waals surface area contributed by atoms with E-state index in [1.54, 1.807) is 36.4 Å². The first kappa shape index (κ1) is 13.5. The average molecular weight is 297 g/mol. The summed E-state index contributed by atoms with van der Waals surface area (Å²) in [5.41, 5.74) is 11.6. The fourth-order valence-electron chi connectivity index (χ4n) is 1.48. The molecule has 0 aliphatic rings. The molecule has 2 aromatic carbocycles. The molecule has 0 radical (unpaired) electrons. The van der Waals surface area contributed by atoms with E-state index in [0.717, 1.165) is 0 Å². The Kier molecular flexibility index (Phi) is 3.83. The van der Waals surface area contributed by atoms with Gasteiger partial charge in [-0.25, -0.2) is 0 Å². The van der Waals surface area contributed by atoms with Crippen molar-refractivity contribution in [1.29, 1.82) is 0 Å². The highest BCUT2D eigenvalue weighted by atomic mass is 35.5. The molecular weight excluding hydrogens is 287 g/mol. The lowest BCUT2D eigenvalue weighted by Crippen LogP contribution is -2.10. The van der Waals surface area contributed by atoms with Crippen LogP contribution in [0.1, 0.15) is 10.4 Å². The Morgan fingerprint density at radius 1 is 1.05 bits per heavy atom. The molecule has 0 saturated heterocycles. The molecule has 0 saturated carbocycles. The normalized spacial score (nSPS) is 10.2. The molecule has 0 spiro atoms. The number of benzene rings is 2. The first-order valence-electron chi connectivity index (χ1n) is 5.29. The summed E-state index contributed by atoms with van der Waals surface area (Å²) in [6, 6.07) is 9.39. The second-order valence-electron chi connectivity index (χ2n) is 3.80. The van der Waals surface area contributed by atoms with E-state index in [9.17, 15) is 4.79 Å². The summed E-state index contributed by atoms with van der Waals surface area (Å²) in [6.07, 6.45) is 0. The van der Waals surface area contributed by atoms with Gasteiger partial charge in [0.15, 0.2) is 5.75 Å². The lowest BCUT2D eigenvalue weighted by atomic mass is 10.2. The topological polar surface area (TPSA) is 78.3 Å². The van der Waals surface area contributed by atoms with Gasteiger partial charge in [-0.15, -0.1) is 0 Å². The van der Waals surface area contributed by atoms with Crippen LogP contribution in [0.5, 0.6) is 11.5 Å². The number of rotatable bonds is 3. The zero-order valence-electron chi connectivity index (χ0n) is 9.69. The number of carbonyl (C=O) groups is 1. The number of amides is 1. The van der Waals surface area contributed by atoms with Crippen molar-refractivity contribution >= 4 is 34.8 Å². The molecule has 0 unspecified atom stereocenters. The standard InChI is InChI=1S/C13H10Cl2N2O2/c14-10-5-8(16)6-11(15)12(10)19-9-3-1-7(2-4-9)13(17)18/h1-6H,16H2,(H2,17,18). The number of nitrogen functional groups attached to an aromatic ring is 1. The van der Waals surface area contributed by atoms with Gasteiger partial charge in [0.05, 0.1) is 10.0 Å². The summed E-state index contributed by atoms with van der Waals surface area (Å²) in [4.78, 5) is 10.9. The lowest BCUT2D eigenvalue weighted by molar-refractivity contribution is 0.100. The predicted octanol–water partition coefficient (Wildman–Crippen LogP) is 3.47. The first-order chi connectivity index (χ1) is 8.97. The number of hydrogen-bond donors (Lipinski definition) is 2. The van der Waals surface area contributed by atoms with E-state index >= 15 is 0 Å². The fourth-order valence-corrected chi connectivity index (χ4v) is 2.06. The summed E-state index contributed by atoms with van der Waals surface area (Å²) in [7, 11) is 0. The van der Waals surface area contributed by atoms with Crippen LogP contribution in [0.2, 0.25) is 10.0 Å². The maximum absolute atomic E-state index is 10.9. The van der Waals surface area contributed by atoms with Gasteiger partial charge in [-0.2, -0.15) is 0 Å². The van der Waals surface area contributed by atoms with Gasteiger partial charge >= 0.3 is 0 Å². The second-order valence-corrected chi connectivity index (χ2v) is 4.62. The van der Waals surface area contributed by atoms with Crippen LogP contribution in [-0.2, 0) is 0 Å². The summed E-state index contributed by atoms with van der Waals surface area (Å²) in [6.45, 7) is 0. The van der Waals surface area contributed by atoms with Gasteiger partial charge in [-0.1, -0.05) is 23.2 Å². The van der Waals surface area contributed by atoms with Gasteiger partial charge < -0.3 is 16.2 Å². The zero-order chi connectivity index (χ0) is 14.0. The number of ether oxygens (including phenoxy) is 1. The quantitative estimate of drug-likeness (QED) is 0.851. The number of hydrogen-bond acceptors (Lipinski definition) is 3. The lowest BCUT2D eigenvalue weighted by Gasteiger charge is -2.10. The molecule has 1 amide bonds. The van der Waals surface area contributed by atoms with E-state index in [0.29, 0.717) is 32.8 Å². The van der Waals surface area contributed by atoms with Crippen LogP contribution in [0.4, 0.5) is 5.69 Å². The SMILES string of the molecule is NC(=O)c1ccc(Oc2c(Cl)cc(N)cc2Cl)cc1. The van der Waals surface area contributed by atoms with Crippen molar-refractivity contribution in [2.24, 2.45) is 5.73 Å². The smallest absolute Gasteiger partial charge is 0.248 e. The molecule has 19 heavy (non-hydrogen) atoms. The third-order valence-corrected chi connectivity index (χ3v) is 2.94. The van der Waals surface area contributed by atoms with Crippen LogP contribution in [0.25, 0.3) is 0 Å². The average Bonchev–Trinajstić information content (AvgIpc) is 2.34. The third kappa shape index (κ3) is 3.10. The van der Waals surface area contributed by atoms with Crippen molar-refractivity contribution < 1.29 is 9.53 Å². The minimum Gasteiger partial charge on any atom is -0.454 e. The summed E-state index contributed by atoms with van der Waals surface area (Å²) in [5.74, 6) is 0.290. The van der Waals surface area contributed by atoms with E-state index < -0.39 is 5.91 Å². The zero-order valence-corrected chi connectivity index (χ0v) is 11.2. The van der Waals surface area contributed by atoms with Crippen LogP contribution in [0, 0.1) is 0 Å². The Bertz CT molecular complexity index is 604. The molecule has 4 nitrogen and oxygen atoms in total. The van der Waals surface area contributed by atoms with E-state index in [2.05, 4.69) is 0 Å². The molecule has 2 aromatic rings. The number of carbonyl (C=O) groups excluding carboxylic acids is 1. The van der Waals surface area contributed by atoms with E-state index in [-0.39, 0.29) is 0 Å². The third-order valence-electron chi connectivity index (χ3n) is 2.38. The summed E-state index contributed by atoms with van der Waals surface area (Å²) in [5, 5.41) is 0.618. The highest BCUT2D eigenvalue weighted by molar-refractivity contribution is 6.37. The Balaban J connectivity index is 2.29. The molecule has 0 atom stereocenters. The number of anilines is 1. The molecule has 98 valence electrons. The van der Waals surface area contributed by atoms with E-state index in [4.69, 9.17) is 39.4 Å². The Labute approximate surface area is 119 Å². The monoisotopic (exact) mass is 296 g/mol. The van der Waals surface area contributed by atoms with Crippen LogP contribution in [-0.4, -0.2) is 5.91 Å². The molecule has 2 rings (SSSR count). The van der Waals surface area contributed by atoms with Crippen molar-refractivity contribution in [3.63, 3.8) is 0 Å². The maximum Gasteiger partial charge on any atom is 0.248 e. The Morgan fingerprint density at radius 2 is 1.58 bits per heavy atom. The van der Waals surface area contributed by atoms with Crippen molar-refractivity contribution in [1.82, 2.24) is 0 Å². The molecule has 0 fully saturated rings. The molecule has 4 N–H and O–H groups in total. The van der Waals surface area contributed by atoms with Gasteiger partial charge in [0, 0.05) is 11.3 Å². The van der Waals surface area contributed by atoms with Crippen molar-refractivity contribution in [2.45, 2.75) is 0 Å². The highest BCUT2D eigenvalue weighted by Crippen LogP contribution is 2.38. The van der Waals surface area contributed by atoms with Crippen LogP contribution in [0.3, 0.4) is 0 Å². The van der Waals surface area contributed by atoms with Gasteiger partial charge in [-0.05, 0) is 36.4 Å². The second kappa shape index (κ2) is 5.38. The van der Waals surface area contributed by atoms with Gasteiger partial charge in [-0.3, -0.25) is 4.79 Å². The molecular formula is C13H10Cl2N2O2. The van der Waals surface area contributed by atoms with Crippen molar-refractivity contribution in [2.75, 3.05) is 5.73 Å². The Morgan fingerprint density at radius 3 is 2.05 bits per heavy atom. The number of nitrogens with two attached hydrogens (primary N) is 2. The fraction of sp³-hybridized carbons (Fsp3) is 0. The van der Waals surface area contributed by atoms with Crippen molar-refractivity contribution in [3.05, 3.63) is 52.0 Å². The number of primary amides is 1. The molecule has 0 heterocycles. The van der Waals surface area contributed by atoms with Crippen LogP contribution < -0.4 is 16.2 Å². The molecule has 0 bridgehead atoms. The van der Waals surface area contributed by atoms with Gasteiger partial charge in [0.25, 0.3) is 0 Å². The molecule has 0 aliphatic heterocycles. The highest BCUT2D eigenvalue weighted by Gasteiger charge is 2.10. The van der Waals surface area contributed by atoms with Gasteiger partial charge in [0.1, 0.15) is 5.75 Å². The first-order valence-corrected chi connectivity index (χ1v) is 6.05. The molecule has 0 aliphatic carbocycles. The van der Waals surface area contributed by atoms with Crippen LogP contribution >= 0.6 is 23.2 Å². The summed E-state index contributed by atoms with van der Waals surface area (Å²) >= 11 is 12.0. The molecule has 0 aromatic heterocycles. The van der Waals surface area contributed by atoms with E-state index in [1.807, 2.05) is 0 Å². The van der Waals surface area contributed by atoms with Crippen LogP contribution in [0.15, 0.2) is 36.4 Å². The van der Waals surface area contributed by atoms with E-state index in [1.165, 1.54) is 0 Å². The minimum absolute atomic E-state index is 0.309. The minimum atomic E-state index is -0.505.